The standard InChI is InChI=1S/C18H17ClN2O5/c1-10-6-11(2)17(12(3)7-10)20-16(22)9-26-18(23)13-4-5-14(19)15(8-13)21(24)25/h4-8H,9H2,1-3H3,(H,20,22). The number of nitro groups is 1. The molecule has 2 aromatic rings. The Morgan fingerprint density at radius 1 is 1.15 bits per heavy atom. The summed E-state index contributed by atoms with van der Waals surface area (Å²) >= 11 is 5.70. The number of nitrogens with zero attached hydrogens (tertiary/aromatic N) is 1. The van der Waals surface area contributed by atoms with Gasteiger partial charge < -0.3 is 10.1 Å². The second-order valence-corrected chi connectivity index (χ2v) is 6.23. The summed E-state index contributed by atoms with van der Waals surface area (Å²) in [6, 6.07) is 7.40. The molecule has 0 saturated heterocycles. The molecule has 0 fully saturated rings. The second kappa shape index (κ2) is 7.97. The maximum absolute atomic E-state index is 12.0. The Balaban J connectivity index is 2.03. The fourth-order valence-electron chi connectivity index (χ4n) is 2.55. The number of rotatable bonds is 5. The molecule has 136 valence electrons. The third-order valence-corrected chi connectivity index (χ3v) is 3.97. The van der Waals surface area contributed by atoms with Crippen LogP contribution >= 0.6 is 11.6 Å². The van der Waals surface area contributed by atoms with E-state index in [1.807, 2.05) is 32.9 Å². The van der Waals surface area contributed by atoms with E-state index in [1.54, 1.807) is 0 Å². The topological polar surface area (TPSA) is 98.5 Å². The molecule has 0 bridgehead atoms. The normalized spacial score (nSPS) is 10.3. The van der Waals surface area contributed by atoms with Gasteiger partial charge in [-0.2, -0.15) is 0 Å². The van der Waals surface area contributed by atoms with Gasteiger partial charge in [0.2, 0.25) is 0 Å². The van der Waals surface area contributed by atoms with Gasteiger partial charge in [0.05, 0.1) is 10.5 Å². The molecule has 0 unspecified atom stereocenters. The van der Waals surface area contributed by atoms with Gasteiger partial charge >= 0.3 is 5.97 Å². The van der Waals surface area contributed by atoms with Crippen molar-refractivity contribution >= 4 is 34.9 Å². The molecule has 0 spiro atoms. The number of halogens is 1. The van der Waals surface area contributed by atoms with Gasteiger partial charge in [-0.3, -0.25) is 14.9 Å². The van der Waals surface area contributed by atoms with Crippen molar-refractivity contribution in [2.75, 3.05) is 11.9 Å². The zero-order chi connectivity index (χ0) is 19.4. The van der Waals surface area contributed by atoms with Crippen LogP contribution in [0.1, 0.15) is 27.0 Å². The number of anilines is 1. The highest BCUT2D eigenvalue weighted by Crippen LogP contribution is 2.25. The number of hydrogen-bond donors (Lipinski definition) is 1. The maximum Gasteiger partial charge on any atom is 0.338 e. The summed E-state index contributed by atoms with van der Waals surface area (Å²) < 4.78 is 4.92. The van der Waals surface area contributed by atoms with E-state index >= 15 is 0 Å². The van der Waals surface area contributed by atoms with Crippen LogP contribution in [0.3, 0.4) is 0 Å². The summed E-state index contributed by atoms with van der Waals surface area (Å²) in [6.45, 7) is 5.18. The van der Waals surface area contributed by atoms with Crippen molar-refractivity contribution in [1.82, 2.24) is 0 Å². The predicted octanol–water partition coefficient (Wildman–Crippen LogP) is 3.97. The van der Waals surface area contributed by atoms with Crippen LogP contribution in [0.4, 0.5) is 11.4 Å². The quantitative estimate of drug-likeness (QED) is 0.483. The van der Waals surface area contributed by atoms with E-state index in [4.69, 9.17) is 16.3 Å². The highest BCUT2D eigenvalue weighted by Gasteiger charge is 2.18. The molecule has 2 rings (SSSR count). The first kappa shape index (κ1) is 19.4. The fourth-order valence-corrected chi connectivity index (χ4v) is 2.73. The van der Waals surface area contributed by atoms with Crippen LogP contribution in [0.15, 0.2) is 30.3 Å². The second-order valence-electron chi connectivity index (χ2n) is 5.82. The molecule has 2 aromatic carbocycles. The molecule has 0 aliphatic heterocycles. The number of aryl methyl sites for hydroxylation is 3. The third-order valence-electron chi connectivity index (χ3n) is 3.65. The molecule has 0 aliphatic rings. The Labute approximate surface area is 155 Å². The van der Waals surface area contributed by atoms with Crippen molar-refractivity contribution in [2.24, 2.45) is 0 Å². The zero-order valence-electron chi connectivity index (χ0n) is 14.5. The molecule has 0 aliphatic carbocycles. The van der Waals surface area contributed by atoms with E-state index in [1.165, 1.54) is 12.1 Å². The number of esters is 1. The third kappa shape index (κ3) is 4.58. The molecule has 0 atom stereocenters. The van der Waals surface area contributed by atoms with E-state index in [0.29, 0.717) is 5.69 Å². The van der Waals surface area contributed by atoms with E-state index in [-0.39, 0.29) is 10.6 Å². The van der Waals surface area contributed by atoms with Gasteiger partial charge in [-0.1, -0.05) is 29.3 Å². The summed E-state index contributed by atoms with van der Waals surface area (Å²) in [6.07, 6.45) is 0. The Kier molecular flexibility index (Phi) is 5.94. The van der Waals surface area contributed by atoms with Crippen LogP contribution in [-0.4, -0.2) is 23.4 Å². The zero-order valence-corrected chi connectivity index (χ0v) is 15.2. The molecule has 0 heterocycles. The minimum absolute atomic E-state index is 0.0587. The number of hydrogen-bond acceptors (Lipinski definition) is 5. The smallest absolute Gasteiger partial charge is 0.338 e. The van der Waals surface area contributed by atoms with Gasteiger partial charge in [-0.05, 0) is 44.0 Å². The van der Waals surface area contributed by atoms with Crippen molar-refractivity contribution < 1.29 is 19.2 Å². The summed E-state index contributed by atoms with van der Waals surface area (Å²) in [7, 11) is 0. The molecule has 0 radical (unpaired) electrons. The van der Waals surface area contributed by atoms with E-state index in [0.717, 1.165) is 22.8 Å². The number of carbonyl (C=O) groups is 2. The maximum atomic E-state index is 12.0. The predicted molar refractivity (Wildman–Crippen MR) is 97.7 cm³/mol. The fraction of sp³-hybridized carbons (Fsp3) is 0.222. The van der Waals surface area contributed by atoms with Gasteiger partial charge in [-0.25, -0.2) is 4.79 Å². The van der Waals surface area contributed by atoms with Gasteiger partial charge in [0.1, 0.15) is 5.02 Å². The number of benzene rings is 2. The van der Waals surface area contributed by atoms with Gasteiger partial charge in [-0.15, -0.1) is 0 Å². The van der Waals surface area contributed by atoms with Crippen molar-refractivity contribution in [3.8, 4) is 0 Å². The summed E-state index contributed by atoms with van der Waals surface area (Å²) in [5.41, 5.74) is 3.08. The van der Waals surface area contributed by atoms with Gasteiger partial charge in [0.15, 0.2) is 6.61 Å². The lowest BCUT2D eigenvalue weighted by atomic mass is 10.1. The van der Waals surface area contributed by atoms with Crippen molar-refractivity contribution in [3.63, 3.8) is 0 Å². The lowest BCUT2D eigenvalue weighted by Gasteiger charge is -2.13. The number of nitrogens with one attached hydrogen (secondary N) is 1. The average molecular weight is 377 g/mol. The summed E-state index contributed by atoms with van der Waals surface area (Å²) in [5, 5.41) is 13.5. The molecular weight excluding hydrogens is 360 g/mol. The van der Waals surface area contributed by atoms with E-state index in [9.17, 15) is 19.7 Å². The van der Waals surface area contributed by atoms with Crippen LogP contribution in [0.2, 0.25) is 5.02 Å². The Bertz CT molecular complexity index is 872. The van der Waals surface area contributed by atoms with Crippen LogP contribution in [0, 0.1) is 30.9 Å². The molecule has 0 saturated carbocycles. The Morgan fingerprint density at radius 2 is 1.77 bits per heavy atom. The Hall–Kier alpha value is -2.93. The van der Waals surface area contributed by atoms with Crippen molar-refractivity contribution in [2.45, 2.75) is 20.8 Å². The Morgan fingerprint density at radius 3 is 2.35 bits per heavy atom. The number of ether oxygens (including phenoxy) is 1. The van der Waals surface area contributed by atoms with E-state index in [2.05, 4.69) is 5.32 Å². The first-order valence-electron chi connectivity index (χ1n) is 7.68. The van der Waals surface area contributed by atoms with Crippen molar-refractivity contribution in [3.05, 3.63) is 67.7 Å². The average Bonchev–Trinajstić information content (AvgIpc) is 2.56. The molecule has 26 heavy (non-hydrogen) atoms. The molecule has 1 amide bonds. The number of carbonyl (C=O) groups excluding carboxylic acids is 2. The highest BCUT2D eigenvalue weighted by atomic mass is 35.5. The first-order chi connectivity index (χ1) is 12.2. The van der Waals surface area contributed by atoms with E-state index < -0.39 is 29.1 Å². The minimum atomic E-state index is -0.850. The largest absolute Gasteiger partial charge is 0.452 e. The summed E-state index contributed by atoms with van der Waals surface area (Å²) in [5.74, 6) is -1.35. The van der Waals surface area contributed by atoms with Crippen molar-refractivity contribution in [1.29, 1.82) is 0 Å². The van der Waals surface area contributed by atoms with Gasteiger partial charge in [0, 0.05) is 11.8 Å². The summed E-state index contributed by atoms with van der Waals surface area (Å²) in [4.78, 5) is 34.2. The molecule has 0 aromatic heterocycles. The monoisotopic (exact) mass is 376 g/mol. The lowest BCUT2D eigenvalue weighted by Crippen LogP contribution is -2.22. The SMILES string of the molecule is Cc1cc(C)c(NC(=O)COC(=O)c2ccc(Cl)c([N+](=O)[O-])c2)c(C)c1. The van der Waals surface area contributed by atoms with Crippen LogP contribution in [0.25, 0.3) is 0 Å². The molecule has 7 nitrogen and oxygen atoms in total. The minimum Gasteiger partial charge on any atom is -0.452 e. The first-order valence-corrected chi connectivity index (χ1v) is 8.05. The lowest BCUT2D eigenvalue weighted by molar-refractivity contribution is -0.384. The molecular formula is C18H17ClN2O5. The molecule has 1 N–H and O–H groups in total. The van der Waals surface area contributed by atoms with Crippen LogP contribution in [0.5, 0.6) is 0 Å². The highest BCUT2D eigenvalue weighted by molar-refractivity contribution is 6.32. The van der Waals surface area contributed by atoms with Crippen LogP contribution < -0.4 is 5.32 Å². The number of nitro benzene ring substituents is 1. The van der Waals surface area contributed by atoms with Crippen LogP contribution in [-0.2, 0) is 9.53 Å². The number of amides is 1. The molecule has 8 heteroatoms. The van der Waals surface area contributed by atoms with Gasteiger partial charge in [0.25, 0.3) is 11.6 Å².